The van der Waals surface area contributed by atoms with Crippen molar-refractivity contribution in [1.29, 1.82) is 0 Å². The van der Waals surface area contributed by atoms with Crippen LogP contribution in [0.1, 0.15) is 26.3 Å². The first-order chi connectivity index (χ1) is 14.2. The van der Waals surface area contributed by atoms with Gasteiger partial charge in [-0.1, -0.05) is 0 Å². The highest BCUT2D eigenvalue weighted by Crippen LogP contribution is 2.41. The molecule has 2 aromatic rings. The molecule has 0 spiro atoms. The van der Waals surface area contributed by atoms with Crippen molar-refractivity contribution in [3.63, 3.8) is 0 Å². The Morgan fingerprint density at radius 1 is 1.26 bits per heavy atom. The van der Waals surface area contributed by atoms with Crippen molar-refractivity contribution in [2.45, 2.75) is 44.8 Å². The summed E-state index contributed by atoms with van der Waals surface area (Å²) < 4.78 is 78.7. The lowest BCUT2D eigenvalue weighted by atomic mass is 10.1. The Labute approximate surface area is 186 Å². The van der Waals surface area contributed by atoms with Crippen molar-refractivity contribution in [2.24, 2.45) is 0 Å². The number of carbonyl (C=O) groups is 1. The lowest BCUT2D eigenvalue weighted by molar-refractivity contribution is -0.138. The molecular formula is C18H16BrClF5N3O3. The zero-order chi connectivity index (χ0) is 23.3. The topological polar surface area (TPSA) is 64.5 Å². The predicted octanol–water partition coefficient (Wildman–Crippen LogP) is 5.54. The van der Waals surface area contributed by atoms with Crippen LogP contribution < -0.4 is 4.74 Å². The SMILES string of the molecule is CC(C)(C)OC(=O)N1C[C@@H](F)[C@@H](Oc2nc(Cl)nc3c(F)c(Br)c(C(F)(F)F)cc23)C1. The maximum absolute atomic E-state index is 14.6. The van der Waals surface area contributed by atoms with E-state index in [1.807, 2.05) is 0 Å². The van der Waals surface area contributed by atoms with Crippen molar-refractivity contribution < 1.29 is 36.2 Å². The molecule has 1 aromatic heterocycles. The predicted molar refractivity (Wildman–Crippen MR) is 104 cm³/mol. The maximum Gasteiger partial charge on any atom is 0.417 e. The van der Waals surface area contributed by atoms with Crippen LogP contribution in [0.2, 0.25) is 5.28 Å². The van der Waals surface area contributed by atoms with Gasteiger partial charge in [-0.25, -0.2) is 18.6 Å². The Hall–Kier alpha value is -1.95. The van der Waals surface area contributed by atoms with Gasteiger partial charge in [0.25, 0.3) is 0 Å². The van der Waals surface area contributed by atoms with Gasteiger partial charge in [0.1, 0.15) is 11.1 Å². The van der Waals surface area contributed by atoms with Crippen LogP contribution in [-0.2, 0) is 10.9 Å². The van der Waals surface area contributed by atoms with E-state index in [4.69, 9.17) is 21.1 Å². The van der Waals surface area contributed by atoms with Gasteiger partial charge in [-0.3, -0.25) is 0 Å². The summed E-state index contributed by atoms with van der Waals surface area (Å²) in [6, 6.07) is 0.585. The van der Waals surface area contributed by atoms with Gasteiger partial charge in [0, 0.05) is 0 Å². The molecule has 170 valence electrons. The molecule has 0 bridgehead atoms. The van der Waals surface area contributed by atoms with E-state index >= 15 is 0 Å². The van der Waals surface area contributed by atoms with Crippen LogP contribution in [0.3, 0.4) is 0 Å². The van der Waals surface area contributed by atoms with E-state index in [0.717, 1.165) is 4.90 Å². The average molecular weight is 533 g/mol. The van der Waals surface area contributed by atoms with E-state index in [9.17, 15) is 26.7 Å². The van der Waals surface area contributed by atoms with E-state index in [-0.39, 0.29) is 13.1 Å². The Balaban J connectivity index is 1.96. The number of benzene rings is 1. The zero-order valence-corrected chi connectivity index (χ0v) is 18.7. The number of likely N-dealkylation sites (tertiary alicyclic amines) is 1. The Bertz CT molecular complexity index is 1030. The number of rotatable bonds is 2. The summed E-state index contributed by atoms with van der Waals surface area (Å²) in [7, 11) is 0. The molecule has 3 rings (SSSR count). The lowest BCUT2D eigenvalue weighted by Gasteiger charge is -2.24. The quantitative estimate of drug-likeness (QED) is 0.375. The molecule has 6 nitrogen and oxygen atoms in total. The maximum atomic E-state index is 14.6. The molecule has 1 aliphatic rings. The smallest absolute Gasteiger partial charge is 0.417 e. The molecule has 0 radical (unpaired) electrons. The molecule has 1 saturated heterocycles. The number of hydrogen-bond acceptors (Lipinski definition) is 5. The molecule has 31 heavy (non-hydrogen) atoms. The van der Waals surface area contributed by atoms with E-state index in [2.05, 4.69) is 25.9 Å². The molecule has 1 aromatic carbocycles. The molecule has 1 aliphatic heterocycles. The summed E-state index contributed by atoms with van der Waals surface area (Å²) in [4.78, 5) is 20.5. The molecule has 13 heteroatoms. The summed E-state index contributed by atoms with van der Waals surface area (Å²) in [6.07, 6.45) is -8.66. The van der Waals surface area contributed by atoms with Crippen LogP contribution in [0.25, 0.3) is 10.9 Å². The fourth-order valence-corrected chi connectivity index (χ4v) is 3.60. The minimum atomic E-state index is -4.89. The van der Waals surface area contributed by atoms with Gasteiger partial charge in [0.05, 0.1) is 28.5 Å². The van der Waals surface area contributed by atoms with E-state index in [0.29, 0.717) is 6.07 Å². The Kier molecular flexibility index (Phi) is 6.27. The van der Waals surface area contributed by atoms with Gasteiger partial charge in [-0.15, -0.1) is 0 Å². The highest BCUT2D eigenvalue weighted by molar-refractivity contribution is 9.10. The lowest BCUT2D eigenvalue weighted by Crippen LogP contribution is -2.36. The molecule has 0 unspecified atom stereocenters. The van der Waals surface area contributed by atoms with Crippen molar-refractivity contribution >= 4 is 44.5 Å². The minimum Gasteiger partial charge on any atom is -0.469 e. The summed E-state index contributed by atoms with van der Waals surface area (Å²) in [5, 5.41) is -0.953. The van der Waals surface area contributed by atoms with Crippen molar-refractivity contribution in [3.05, 3.63) is 27.2 Å². The van der Waals surface area contributed by atoms with Crippen LogP contribution >= 0.6 is 27.5 Å². The number of alkyl halides is 4. The van der Waals surface area contributed by atoms with Crippen LogP contribution in [0.15, 0.2) is 10.5 Å². The van der Waals surface area contributed by atoms with Gasteiger partial charge >= 0.3 is 12.3 Å². The third kappa shape index (κ3) is 5.11. The number of carbonyl (C=O) groups excluding carboxylic acids is 1. The molecule has 0 aliphatic carbocycles. The van der Waals surface area contributed by atoms with Crippen LogP contribution in [0.4, 0.5) is 26.7 Å². The number of fused-ring (bicyclic) bond motifs is 1. The largest absolute Gasteiger partial charge is 0.469 e. The number of nitrogens with zero attached hydrogens (tertiary/aromatic N) is 3. The van der Waals surface area contributed by atoms with Crippen LogP contribution in [0.5, 0.6) is 5.88 Å². The van der Waals surface area contributed by atoms with Gasteiger partial charge in [-0.05, 0) is 54.4 Å². The molecule has 0 N–H and O–H groups in total. The fourth-order valence-electron chi connectivity index (χ4n) is 2.91. The van der Waals surface area contributed by atoms with E-state index in [1.54, 1.807) is 20.8 Å². The second kappa shape index (κ2) is 8.19. The Morgan fingerprint density at radius 3 is 2.48 bits per heavy atom. The van der Waals surface area contributed by atoms with Crippen molar-refractivity contribution in [1.82, 2.24) is 14.9 Å². The first kappa shape index (κ1) is 23.7. The molecule has 1 amide bonds. The van der Waals surface area contributed by atoms with Gasteiger partial charge in [0.2, 0.25) is 11.2 Å². The number of halogens is 7. The average Bonchev–Trinajstić information content (AvgIpc) is 2.97. The van der Waals surface area contributed by atoms with Crippen molar-refractivity contribution in [3.8, 4) is 5.88 Å². The number of amides is 1. The van der Waals surface area contributed by atoms with Crippen molar-refractivity contribution in [2.75, 3.05) is 13.1 Å². The highest BCUT2D eigenvalue weighted by Gasteiger charge is 2.40. The monoisotopic (exact) mass is 531 g/mol. The molecule has 2 atom stereocenters. The fraction of sp³-hybridized carbons (Fsp3) is 0.500. The normalized spacial score (nSPS) is 19.7. The molecular weight excluding hydrogens is 517 g/mol. The second-order valence-electron chi connectivity index (χ2n) is 7.80. The zero-order valence-electron chi connectivity index (χ0n) is 16.4. The summed E-state index contributed by atoms with van der Waals surface area (Å²) in [5.41, 5.74) is -2.67. The molecule has 1 fully saturated rings. The third-order valence-corrected chi connectivity index (χ3v) is 5.17. The van der Waals surface area contributed by atoms with Crippen LogP contribution in [0, 0.1) is 5.82 Å². The van der Waals surface area contributed by atoms with Gasteiger partial charge in [0.15, 0.2) is 18.1 Å². The number of ether oxygens (including phenoxy) is 2. The first-order valence-corrected chi connectivity index (χ1v) is 10.1. The standard InChI is InChI=1S/C18H16BrClF5N3O3/c1-17(2,3)31-16(29)28-5-9(21)10(6-28)30-14-7-4-8(18(23,24)25)11(19)12(22)13(7)26-15(20)27-14/h4,9-10H,5-6H2,1-3H3/t9-,10+/m1/s1. The van der Waals surface area contributed by atoms with Gasteiger partial charge in [-0.2, -0.15) is 18.2 Å². The molecule has 2 heterocycles. The number of aromatic nitrogens is 2. The van der Waals surface area contributed by atoms with E-state index in [1.165, 1.54) is 0 Å². The summed E-state index contributed by atoms with van der Waals surface area (Å²) in [6.45, 7) is 4.31. The summed E-state index contributed by atoms with van der Waals surface area (Å²) >= 11 is 8.34. The Morgan fingerprint density at radius 2 is 1.90 bits per heavy atom. The molecule has 0 saturated carbocycles. The van der Waals surface area contributed by atoms with Crippen LogP contribution in [-0.4, -0.2) is 51.9 Å². The highest BCUT2D eigenvalue weighted by atomic mass is 79.9. The minimum absolute atomic E-state index is 0.260. The first-order valence-electron chi connectivity index (χ1n) is 8.88. The van der Waals surface area contributed by atoms with Gasteiger partial charge < -0.3 is 14.4 Å². The van der Waals surface area contributed by atoms with E-state index < -0.39 is 68.1 Å². The third-order valence-electron chi connectivity index (χ3n) is 4.23. The number of hydrogen-bond donors (Lipinski definition) is 0. The second-order valence-corrected chi connectivity index (χ2v) is 8.93. The summed E-state index contributed by atoms with van der Waals surface area (Å²) in [5.74, 6) is -1.86.